The lowest BCUT2D eigenvalue weighted by molar-refractivity contribution is 0.204. The fourth-order valence-corrected chi connectivity index (χ4v) is 2.48. The van der Waals surface area contributed by atoms with Crippen LogP contribution in [0.5, 0.6) is 0 Å². The molecule has 0 aromatic carbocycles. The summed E-state index contributed by atoms with van der Waals surface area (Å²) >= 11 is 4.25. The van der Waals surface area contributed by atoms with Crippen LogP contribution in [0.3, 0.4) is 0 Å². The highest BCUT2D eigenvalue weighted by molar-refractivity contribution is 7.80. The van der Waals surface area contributed by atoms with Crippen LogP contribution in [0, 0.1) is 0 Å². The van der Waals surface area contributed by atoms with Gasteiger partial charge in [-0.25, -0.2) is 0 Å². The normalized spacial score (nSPS) is 24.5. The second-order valence-electron chi connectivity index (χ2n) is 3.91. The number of likely N-dealkylation sites (N-methyl/N-ethyl adjacent to an activating group) is 2. The summed E-state index contributed by atoms with van der Waals surface area (Å²) in [5.74, 6) is 0.968. The third kappa shape index (κ3) is 3.49. The summed E-state index contributed by atoms with van der Waals surface area (Å²) in [4.78, 5) is 4.99. The van der Waals surface area contributed by atoms with Crippen LogP contribution in [-0.4, -0.2) is 54.8 Å². The minimum absolute atomic E-state index is 0.801. The Balaban J connectivity index is 2.26. The van der Waals surface area contributed by atoms with Crippen LogP contribution >= 0.6 is 12.6 Å². The summed E-state index contributed by atoms with van der Waals surface area (Å²) < 4.78 is 0. The first-order chi connectivity index (χ1) is 6.27. The molecule has 1 rings (SSSR count). The highest BCUT2D eigenvalue weighted by atomic mass is 32.1. The highest BCUT2D eigenvalue weighted by Crippen LogP contribution is 2.16. The monoisotopic (exact) mass is 202 g/mol. The van der Waals surface area contributed by atoms with E-state index < -0.39 is 0 Å². The van der Waals surface area contributed by atoms with Crippen LogP contribution in [0.15, 0.2) is 0 Å². The van der Waals surface area contributed by atoms with Crippen molar-refractivity contribution in [1.29, 1.82) is 0 Å². The van der Waals surface area contributed by atoms with Crippen molar-refractivity contribution in [2.45, 2.75) is 25.8 Å². The molecule has 13 heavy (non-hydrogen) atoms. The summed E-state index contributed by atoms with van der Waals surface area (Å²) in [7, 11) is 2.20. The summed E-state index contributed by atoms with van der Waals surface area (Å²) in [5, 5.41) is 0. The van der Waals surface area contributed by atoms with E-state index in [2.05, 4.69) is 36.4 Å². The predicted molar refractivity (Wildman–Crippen MR) is 61.6 cm³/mol. The van der Waals surface area contributed by atoms with Crippen molar-refractivity contribution in [1.82, 2.24) is 9.80 Å². The van der Waals surface area contributed by atoms with Crippen molar-refractivity contribution >= 4 is 12.6 Å². The second kappa shape index (κ2) is 5.89. The molecule has 0 bridgehead atoms. The molecule has 1 saturated heterocycles. The van der Waals surface area contributed by atoms with Crippen LogP contribution in [0.25, 0.3) is 0 Å². The predicted octanol–water partition coefficient (Wildman–Crippen LogP) is 1.33. The highest BCUT2D eigenvalue weighted by Gasteiger charge is 2.23. The van der Waals surface area contributed by atoms with Gasteiger partial charge in [0.05, 0.1) is 0 Å². The average Bonchev–Trinajstić information content (AvgIpc) is 2.52. The summed E-state index contributed by atoms with van der Waals surface area (Å²) in [6.45, 7) is 7.09. The topological polar surface area (TPSA) is 6.48 Å². The molecule has 0 aromatic heterocycles. The molecular weight excluding hydrogens is 180 g/mol. The molecule has 1 fully saturated rings. The Morgan fingerprint density at radius 3 is 2.92 bits per heavy atom. The Morgan fingerprint density at radius 1 is 1.54 bits per heavy atom. The molecule has 0 amide bonds. The van der Waals surface area contributed by atoms with Crippen molar-refractivity contribution in [2.75, 3.05) is 39.0 Å². The Labute approximate surface area is 87.7 Å². The molecule has 0 aliphatic carbocycles. The molecule has 0 spiro atoms. The fraction of sp³-hybridized carbons (Fsp3) is 1.00. The largest absolute Gasteiger partial charge is 0.304 e. The minimum Gasteiger partial charge on any atom is -0.304 e. The van der Waals surface area contributed by atoms with Crippen molar-refractivity contribution in [3.63, 3.8) is 0 Å². The Bertz CT molecular complexity index is 141. The first-order valence-electron chi connectivity index (χ1n) is 5.31. The van der Waals surface area contributed by atoms with Crippen molar-refractivity contribution in [2.24, 2.45) is 0 Å². The lowest BCUT2D eigenvalue weighted by Gasteiger charge is -2.27. The van der Waals surface area contributed by atoms with E-state index in [1.807, 2.05) is 0 Å². The molecule has 0 saturated carbocycles. The van der Waals surface area contributed by atoms with E-state index in [0.29, 0.717) is 0 Å². The molecule has 0 radical (unpaired) electrons. The van der Waals surface area contributed by atoms with Crippen molar-refractivity contribution < 1.29 is 0 Å². The number of hydrogen-bond donors (Lipinski definition) is 1. The van der Waals surface area contributed by atoms with Gasteiger partial charge in [-0.3, -0.25) is 4.90 Å². The third-order valence-electron chi connectivity index (χ3n) is 2.91. The van der Waals surface area contributed by atoms with Gasteiger partial charge in [0.15, 0.2) is 0 Å². The molecule has 1 aliphatic heterocycles. The maximum Gasteiger partial charge on any atom is 0.0223 e. The third-order valence-corrected chi connectivity index (χ3v) is 3.11. The van der Waals surface area contributed by atoms with Crippen LogP contribution in [0.1, 0.15) is 19.8 Å². The maximum absolute atomic E-state index is 4.25. The van der Waals surface area contributed by atoms with E-state index in [1.165, 1.54) is 32.5 Å². The Hall–Kier alpha value is 0.270. The number of thiol groups is 1. The Kier molecular flexibility index (Phi) is 5.14. The molecule has 0 aromatic rings. The van der Waals surface area contributed by atoms with E-state index in [-0.39, 0.29) is 0 Å². The van der Waals surface area contributed by atoms with Gasteiger partial charge in [0.25, 0.3) is 0 Å². The van der Waals surface area contributed by atoms with E-state index in [1.54, 1.807) is 0 Å². The molecule has 1 aliphatic rings. The average molecular weight is 202 g/mol. The fourth-order valence-electron chi connectivity index (χ4n) is 2.14. The maximum atomic E-state index is 4.25. The smallest absolute Gasteiger partial charge is 0.0223 e. The molecule has 1 atom stereocenters. The summed E-state index contributed by atoms with van der Waals surface area (Å²) in [6.07, 6.45) is 2.76. The molecular formula is C10H22N2S. The summed E-state index contributed by atoms with van der Waals surface area (Å²) in [5.41, 5.74) is 0. The van der Waals surface area contributed by atoms with Gasteiger partial charge in [0.2, 0.25) is 0 Å². The lowest BCUT2D eigenvalue weighted by Crippen LogP contribution is -2.39. The van der Waals surface area contributed by atoms with E-state index in [4.69, 9.17) is 0 Å². The zero-order valence-corrected chi connectivity index (χ0v) is 9.76. The molecule has 0 N–H and O–H groups in total. The quantitative estimate of drug-likeness (QED) is 0.672. The van der Waals surface area contributed by atoms with E-state index in [0.717, 1.165) is 18.3 Å². The molecule has 1 unspecified atom stereocenters. The lowest BCUT2D eigenvalue weighted by atomic mass is 10.2. The van der Waals surface area contributed by atoms with Gasteiger partial charge in [-0.2, -0.15) is 12.6 Å². The SMILES string of the molecule is CCN1CCCC1CN(C)CCS. The standard InChI is InChI=1S/C10H22N2S/c1-3-12-6-4-5-10(12)9-11(2)7-8-13/h10,13H,3-9H2,1-2H3. The van der Waals surface area contributed by atoms with Gasteiger partial charge in [0.1, 0.15) is 0 Å². The van der Waals surface area contributed by atoms with Crippen LogP contribution in [0.4, 0.5) is 0 Å². The van der Waals surface area contributed by atoms with Crippen LogP contribution in [-0.2, 0) is 0 Å². The van der Waals surface area contributed by atoms with Gasteiger partial charge < -0.3 is 4.90 Å². The number of rotatable bonds is 5. The van der Waals surface area contributed by atoms with Gasteiger partial charge in [0, 0.05) is 24.9 Å². The van der Waals surface area contributed by atoms with Crippen LogP contribution < -0.4 is 0 Å². The molecule has 78 valence electrons. The number of likely N-dealkylation sites (tertiary alicyclic amines) is 1. The van der Waals surface area contributed by atoms with Gasteiger partial charge in [-0.05, 0) is 33.0 Å². The molecule has 2 nitrogen and oxygen atoms in total. The first-order valence-corrected chi connectivity index (χ1v) is 5.94. The molecule has 3 heteroatoms. The number of hydrogen-bond acceptors (Lipinski definition) is 3. The second-order valence-corrected chi connectivity index (χ2v) is 4.36. The Morgan fingerprint density at radius 2 is 2.31 bits per heavy atom. The minimum atomic E-state index is 0.801. The van der Waals surface area contributed by atoms with E-state index in [9.17, 15) is 0 Å². The molecule has 1 heterocycles. The zero-order chi connectivity index (χ0) is 9.68. The summed E-state index contributed by atoms with van der Waals surface area (Å²) in [6, 6.07) is 0.801. The van der Waals surface area contributed by atoms with E-state index >= 15 is 0 Å². The van der Waals surface area contributed by atoms with Crippen molar-refractivity contribution in [3.05, 3.63) is 0 Å². The number of nitrogens with zero attached hydrogens (tertiary/aromatic N) is 2. The van der Waals surface area contributed by atoms with Gasteiger partial charge in [-0.15, -0.1) is 0 Å². The van der Waals surface area contributed by atoms with Crippen LogP contribution in [0.2, 0.25) is 0 Å². The first kappa shape index (κ1) is 11.3. The zero-order valence-electron chi connectivity index (χ0n) is 8.87. The van der Waals surface area contributed by atoms with Gasteiger partial charge >= 0.3 is 0 Å². The van der Waals surface area contributed by atoms with Crippen molar-refractivity contribution in [3.8, 4) is 0 Å². The van der Waals surface area contributed by atoms with Gasteiger partial charge in [-0.1, -0.05) is 6.92 Å².